The smallest absolute Gasteiger partial charge is 0.183 e. The first-order chi connectivity index (χ1) is 21.4. The number of hydrogen-bond acceptors (Lipinski definition) is 9. The molecule has 1 heterocycles. The Morgan fingerprint density at radius 1 is 0.913 bits per heavy atom. The molecular formula is C37H50O9. The number of aliphatic hydroxyl groups excluding tert-OH is 3. The van der Waals surface area contributed by atoms with Crippen molar-refractivity contribution >= 4 is 17.3 Å². The van der Waals surface area contributed by atoms with Crippen molar-refractivity contribution in [3.8, 4) is 17.2 Å². The number of Topliss-reactive ketones (excluding diaryl/α,β-unsaturated/α-hetero) is 3. The standard InChI is InChI=1S/C37H50O9/c1-9-12-25(38)28-30(41)22(33-23(31(28)42)19-27(40)36(6,7)46-33)18-24-32(43)29(26(39)13-10-2)35(45)37(8,34(24)44)17-16-21(5)15-11-14-20(3)4/h14,16,27,40-44H,9-13,15,17-19H2,1-8H3/b21-16+/t27-,37-/m1/s1. The van der Waals surface area contributed by atoms with E-state index in [-0.39, 0.29) is 53.7 Å². The Morgan fingerprint density at radius 2 is 1.52 bits per heavy atom. The van der Waals surface area contributed by atoms with Crippen LogP contribution in [0.3, 0.4) is 0 Å². The van der Waals surface area contributed by atoms with Gasteiger partial charge in [-0.2, -0.15) is 0 Å². The maximum Gasteiger partial charge on any atom is 0.183 e. The molecule has 9 nitrogen and oxygen atoms in total. The van der Waals surface area contributed by atoms with Crippen molar-refractivity contribution in [2.45, 2.75) is 125 Å². The highest BCUT2D eigenvalue weighted by Crippen LogP contribution is 2.51. The van der Waals surface area contributed by atoms with Gasteiger partial charge in [0.05, 0.1) is 11.5 Å². The van der Waals surface area contributed by atoms with Crippen LogP contribution in [0, 0.1) is 5.41 Å². The number of benzene rings is 1. The summed E-state index contributed by atoms with van der Waals surface area (Å²) in [6.45, 7) is 14.3. The molecule has 1 aromatic rings. The van der Waals surface area contributed by atoms with Gasteiger partial charge in [0, 0.05) is 42.4 Å². The molecule has 0 saturated heterocycles. The van der Waals surface area contributed by atoms with Crippen LogP contribution in [0.25, 0.3) is 0 Å². The van der Waals surface area contributed by atoms with Crippen LogP contribution >= 0.6 is 0 Å². The van der Waals surface area contributed by atoms with E-state index in [1.54, 1.807) is 27.7 Å². The van der Waals surface area contributed by atoms with Gasteiger partial charge in [-0.3, -0.25) is 14.4 Å². The first-order valence-corrected chi connectivity index (χ1v) is 16.2. The minimum Gasteiger partial charge on any atom is -0.511 e. The predicted molar refractivity (Wildman–Crippen MR) is 177 cm³/mol. The Kier molecular flexibility index (Phi) is 11.4. The summed E-state index contributed by atoms with van der Waals surface area (Å²) in [5.74, 6) is -4.05. The summed E-state index contributed by atoms with van der Waals surface area (Å²) in [6.07, 6.45) is 4.85. The number of aromatic hydroxyl groups is 2. The fraction of sp³-hybridized carbons (Fsp3) is 0.541. The maximum atomic E-state index is 13.9. The number of fused-ring (bicyclic) bond motifs is 1. The van der Waals surface area contributed by atoms with E-state index in [1.165, 1.54) is 12.5 Å². The highest BCUT2D eigenvalue weighted by Gasteiger charge is 2.48. The van der Waals surface area contributed by atoms with Gasteiger partial charge in [0.2, 0.25) is 0 Å². The van der Waals surface area contributed by atoms with E-state index in [4.69, 9.17) is 4.74 Å². The minimum atomic E-state index is -1.61. The van der Waals surface area contributed by atoms with Gasteiger partial charge in [-0.1, -0.05) is 37.1 Å². The van der Waals surface area contributed by atoms with Gasteiger partial charge >= 0.3 is 0 Å². The van der Waals surface area contributed by atoms with E-state index in [0.717, 1.165) is 18.4 Å². The molecule has 2 atom stereocenters. The lowest BCUT2D eigenvalue weighted by Gasteiger charge is -2.39. The number of phenols is 2. The van der Waals surface area contributed by atoms with Crippen LogP contribution in [0.4, 0.5) is 0 Å². The van der Waals surface area contributed by atoms with Crippen molar-refractivity contribution in [2.75, 3.05) is 0 Å². The quantitative estimate of drug-likeness (QED) is 0.0844. The Bertz CT molecular complexity index is 1530. The minimum absolute atomic E-state index is 0.00139. The van der Waals surface area contributed by atoms with E-state index >= 15 is 0 Å². The first-order valence-electron chi connectivity index (χ1n) is 16.2. The van der Waals surface area contributed by atoms with Gasteiger partial charge in [0.15, 0.2) is 17.3 Å². The molecular weight excluding hydrogens is 588 g/mol. The van der Waals surface area contributed by atoms with Gasteiger partial charge in [-0.25, -0.2) is 0 Å². The Balaban J connectivity index is 2.29. The van der Waals surface area contributed by atoms with Crippen LogP contribution in [0.5, 0.6) is 17.2 Å². The fourth-order valence-corrected chi connectivity index (χ4v) is 5.97. The zero-order chi connectivity index (χ0) is 34.7. The number of carbonyl (C=O) groups is 3. The van der Waals surface area contributed by atoms with Gasteiger partial charge in [-0.05, 0) is 73.6 Å². The largest absolute Gasteiger partial charge is 0.511 e. The second-order valence-electron chi connectivity index (χ2n) is 13.6. The summed E-state index contributed by atoms with van der Waals surface area (Å²) in [7, 11) is 0. The number of ether oxygens (including phenoxy) is 1. The van der Waals surface area contributed by atoms with E-state index in [1.807, 2.05) is 26.8 Å². The average Bonchev–Trinajstić information content (AvgIpc) is 2.96. The zero-order valence-corrected chi connectivity index (χ0v) is 28.5. The third kappa shape index (κ3) is 7.09. The molecule has 0 radical (unpaired) electrons. The molecule has 1 aliphatic heterocycles. The van der Waals surface area contributed by atoms with Crippen molar-refractivity contribution in [2.24, 2.45) is 5.41 Å². The van der Waals surface area contributed by atoms with Crippen LogP contribution in [-0.2, 0) is 22.4 Å². The molecule has 0 unspecified atom stereocenters. The van der Waals surface area contributed by atoms with Gasteiger partial charge < -0.3 is 30.3 Å². The SMILES string of the molecule is CCCC(=O)C1=C(O)C(Cc2c(O)c(C(=O)CCC)c(O)c3c2OC(C)(C)[C@H](O)C3)=C(O)[C@@](C)(C/C=C(\C)CCC=C(C)C)C1=O. The topological polar surface area (TPSA) is 162 Å². The molecule has 5 N–H and O–H groups in total. The molecule has 0 spiro atoms. The van der Waals surface area contributed by atoms with E-state index in [0.29, 0.717) is 12.8 Å². The number of rotatable bonds is 13. The third-order valence-electron chi connectivity index (χ3n) is 9.03. The molecule has 3 rings (SSSR count). The second kappa shape index (κ2) is 14.3. The van der Waals surface area contributed by atoms with Crippen LogP contribution in [-0.4, -0.2) is 54.6 Å². The number of allylic oxidation sites excluding steroid dienone is 7. The zero-order valence-electron chi connectivity index (χ0n) is 28.5. The van der Waals surface area contributed by atoms with Crippen LogP contribution in [0.1, 0.15) is 122 Å². The molecule has 46 heavy (non-hydrogen) atoms. The van der Waals surface area contributed by atoms with Crippen molar-refractivity contribution in [3.05, 3.63) is 62.7 Å². The Labute approximate surface area is 272 Å². The highest BCUT2D eigenvalue weighted by molar-refractivity contribution is 6.24. The van der Waals surface area contributed by atoms with E-state index in [2.05, 4.69) is 6.08 Å². The summed E-state index contributed by atoms with van der Waals surface area (Å²) < 4.78 is 6.12. The van der Waals surface area contributed by atoms with Crippen LogP contribution < -0.4 is 4.74 Å². The lowest BCUT2D eigenvalue weighted by molar-refractivity contribution is -0.127. The summed E-state index contributed by atoms with van der Waals surface area (Å²) >= 11 is 0. The molecule has 0 fully saturated rings. The lowest BCUT2D eigenvalue weighted by Crippen LogP contribution is -2.46. The number of ketones is 3. The van der Waals surface area contributed by atoms with Crippen molar-refractivity contribution < 1.29 is 44.7 Å². The summed E-state index contributed by atoms with van der Waals surface area (Å²) in [5.41, 5.74) is -1.43. The predicted octanol–water partition coefficient (Wildman–Crippen LogP) is 7.36. The Morgan fingerprint density at radius 3 is 2.11 bits per heavy atom. The first kappa shape index (κ1) is 36.6. The van der Waals surface area contributed by atoms with Gasteiger partial charge in [-0.15, -0.1) is 0 Å². The molecule has 1 aromatic carbocycles. The van der Waals surface area contributed by atoms with Crippen molar-refractivity contribution in [1.82, 2.24) is 0 Å². The number of phenolic OH excluding ortho intramolecular Hbond substituents is 2. The maximum absolute atomic E-state index is 13.9. The van der Waals surface area contributed by atoms with Crippen LogP contribution in [0.2, 0.25) is 0 Å². The molecule has 0 aromatic heterocycles. The molecule has 9 heteroatoms. The fourth-order valence-electron chi connectivity index (χ4n) is 5.97. The van der Waals surface area contributed by atoms with Crippen molar-refractivity contribution in [1.29, 1.82) is 0 Å². The van der Waals surface area contributed by atoms with Gasteiger partial charge in [0.1, 0.15) is 45.5 Å². The Hall–Kier alpha value is -3.85. The summed E-state index contributed by atoms with van der Waals surface area (Å²) in [6, 6.07) is 0. The molecule has 252 valence electrons. The van der Waals surface area contributed by atoms with E-state index in [9.17, 15) is 39.9 Å². The highest BCUT2D eigenvalue weighted by atomic mass is 16.5. The molecule has 1 aliphatic carbocycles. The van der Waals surface area contributed by atoms with Crippen LogP contribution in [0.15, 0.2) is 46.0 Å². The number of aliphatic hydroxyl groups is 3. The number of hydrogen-bond donors (Lipinski definition) is 5. The number of carbonyl (C=O) groups excluding carboxylic acids is 3. The van der Waals surface area contributed by atoms with Gasteiger partial charge in [0.25, 0.3) is 0 Å². The molecule has 0 amide bonds. The average molecular weight is 639 g/mol. The van der Waals surface area contributed by atoms with Crippen molar-refractivity contribution in [3.63, 3.8) is 0 Å². The lowest BCUT2D eigenvalue weighted by atomic mass is 9.69. The summed E-state index contributed by atoms with van der Waals surface area (Å²) in [5, 5.41) is 56.7. The molecule has 2 aliphatic rings. The molecule has 0 bridgehead atoms. The van der Waals surface area contributed by atoms with E-state index < -0.39 is 69.5 Å². The normalized spacial score (nSPS) is 21.2. The monoisotopic (exact) mass is 638 g/mol. The summed E-state index contributed by atoms with van der Waals surface area (Å²) in [4.78, 5) is 40.4. The second-order valence-corrected chi connectivity index (χ2v) is 13.6. The molecule has 0 saturated carbocycles. The third-order valence-corrected chi connectivity index (χ3v) is 9.03.